The molecule has 0 bridgehead atoms. The van der Waals surface area contributed by atoms with Crippen LogP contribution in [0.1, 0.15) is 37.7 Å². The molecular formula is C17H20Cl2N4OOsY-. The molecule has 1 aliphatic carbocycles. The minimum atomic E-state index is 0. The molecule has 1 aromatic carbocycles. The van der Waals surface area contributed by atoms with Crippen LogP contribution in [0, 0.1) is 17.4 Å². The molecule has 0 spiro atoms. The van der Waals surface area contributed by atoms with Gasteiger partial charge in [-0.3, -0.25) is 0 Å². The Bertz CT molecular complexity index is 613. The number of hydrogen-bond donors (Lipinski definition) is 2. The second kappa shape index (κ2) is 17.0. The van der Waals surface area contributed by atoms with Crippen LogP contribution >= 0.6 is 23.2 Å². The second-order valence-electron chi connectivity index (χ2n) is 5.13. The Balaban J connectivity index is 0. The predicted molar refractivity (Wildman–Crippen MR) is 96.7 cm³/mol. The van der Waals surface area contributed by atoms with Crippen molar-refractivity contribution in [3.63, 3.8) is 0 Å². The third-order valence-corrected chi connectivity index (χ3v) is 3.66. The molecule has 0 saturated heterocycles. The molecule has 1 aliphatic rings. The Kier molecular flexibility index (Phi) is 18.4. The summed E-state index contributed by atoms with van der Waals surface area (Å²) in [4.78, 5) is 5.04. The molecule has 0 heterocycles. The van der Waals surface area contributed by atoms with E-state index < -0.39 is 0 Å². The van der Waals surface area contributed by atoms with Gasteiger partial charge in [0.05, 0.1) is 11.2 Å². The van der Waals surface area contributed by atoms with Crippen LogP contribution in [0.2, 0.25) is 5.02 Å². The van der Waals surface area contributed by atoms with Crippen molar-refractivity contribution in [2.75, 3.05) is 0 Å². The van der Waals surface area contributed by atoms with Crippen LogP contribution in [-0.2, 0) is 57.3 Å². The molecule has 0 aliphatic heterocycles. The Morgan fingerprint density at radius 2 is 1.96 bits per heavy atom. The van der Waals surface area contributed by atoms with Gasteiger partial charge in [0.1, 0.15) is 0 Å². The molecule has 4 N–H and O–H groups in total. The van der Waals surface area contributed by atoms with Crippen LogP contribution in [0.3, 0.4) is 0 Å². The van der Waals surface area contributed by atoms with Crippen LogP contribution in [0.15, 0.2) is 41.4 Å². The topological polar surface area (TPSA) is 99.2 Å². The number of hydrogen-bond acceptors (Lipinski definition) is 4. The molecule has 140 valence electrons. The minimum Gasteiger partial charge on any atom is -0.575 e. The van der Waals surface area contributed by atoms with Crippen molar-refractivity contribution in [3.05, 3.63) is 63.5 Å². The molecule has 0 unspecified atom stereocenters. The number of nitrogens with zero attached hydrogens (tertiary/aromatic N) is 2. The molecule has 1 fully saturated rings. The number of benzene rings is 1. The van der Waals surface area contributed by atoms with E-state index in [0.29, 0.717) is 10.6 Å². The summed E-state index contributed by atoms with van der Waals surface area (Å²) in [5.41, 5.74) is 15.3. The third-order valence-electron chi connectivity index (χ3n) is 3.22. The molecular weight excluding hydrogens is 626 g/mol. The van der Waals surface area contributed by atoms with Crippen molar-refractivity contribution in [2.24, 2.45) is 11.5 Å². The van der Waals surface area contributed by atoms with Crippen molar-refractivity contribution in [3.8, 4) is 6.07 Å². The zero-order chi connectivity index (χ0) is 17.8. The Morgan fingerprint density at radius 1 is 1.31 bits per heavy atom. The first-order chi connectivity index (χ1) is 11.5. The molecule has 0 atom stereocenters. The molecule has 0 aromatic heterocycles. The average Bonchev–Trinajstić information content (AvgIpc) is 2.60. The SMILES string of the molecule is N#Cc1cc[c-]cc1Cl.N/C(Cl)=C\C=C(/N)O[N-]C1CCCCC1.[Os+].[Y]. The standard InChI is InChI=1S/C10H17ClN3O.C7H3ClN.Os.Y/c11-9(12)6-7-10(13)15-14-8-4-2-1-3-5-8;8-7-4-2-1-3-6(7)5-9;;/h6-8H,1-5,12-13H2;1,3-4H;;/q2*-1;+1;/b9-6-,10-7+;;;. The first-order valence-electron chi connectivity index (χ1n) is 7.54. The maximum absolute atomic E-state index is 8.37. The molecule has 5 nitrogen and oxygen atoms in total. The van der Waals surface area contributed by atoms with E-state index in [9.17, 15) is 0 Å². The van der Waals surface area contributed by atoms with E-state index in [-0.39, 0.29) is 69.6 Å². The molecule has 2 rings (SSSR count). The fraction of sp³-hybridized carbons (Fsp3) is 0.353. The first kappa shape index (κ1) is 28.1. The summed E-state index contributed by atoms with van der Waals surface area (Å²) in [6.07, 6.45) is 8.86. The maximum Gasteiger partial charge on any atom is 1.00 e. The maximum atomic E-state index is 8.37. The fourth-order valence-corrected chi connectivity index (χ4v) is 2.25. The van der Waals surface area contributed by atoms with Crippen molar-refractivity contribution >= 4 is 23.2 Å². The van der Waals surface area contributed by atoms with Gasteiger partial charge in [-0.05, 0) is 17.7 Å². The van der Waals surface area contributed by atoms with Crippen LogP contribution < -0.4 is 11.5 Å². The summed E-state index contributed by atoms with van der Waals surface area (Å²) in [6.45, 7) is 0. The third kappa shape index (κ3) is 13.1. The van der Waals surface area contributed by atoms with Gasteiger partial charge >= 0.3 is 19.8 Å². The summed E-state index contributed by atoms with van der Waals surface area (Å²) in [5, 5.41) is 8.99. The molecule has 9 heteroatoms. The van der Waals surface area contributed by atoms with E-state index >= 15 is 0 Å². The van der Waals surface area contributed by atoms with Gasteiger partial charge in [-0.25, -0.2) is 0 Å². The summed E-state index contributed by atoms with van der Waals surface area (Å²) < 4.78 is 0. The molecule has 0 amide bonds. The smallest absolute Gasteiger partial charge is 0.575 e. The van der Waals surface area contributed by atoms with Crippen molar-refractivity contribution in [2.45, 2.75) is 38.1 Å². The van der Waals surface area contributed by atoms with Gasteiger partial charge in [0.15, 0.2) is 5.88 Å². The zero-order valence-corrected chi connectivity index (χ0v) is 21.0. The van der Waals surface area contributed by atoms with Gasteiger partial charge in [-0.1, -0.05) is 48.7 Å². The summed E-state index contributed by atoms with van der Waals surface area (Å²) in [7, 11) is 0. The van der Waals surface area contributed by atoms with Crippen LogP contribution in [0.4, 0.5) is 0 Å². The molecule has 2 radical (unpaired) electrons. The van der Waals surface area contributed by atoms with E-state index in [1.165, 1.54) is 31.4 Å². The van der Waals surface area contributed by atoms with E-state index in [4.69, 9.17) is 44.8 Å². The quantitative estimate of drug-likeness (QED) is 0.166. The largest absolute Gasteiger partial charge is 1.00 e. The number of nitrogens with two attached hydrogens (primary N) is 2. The second-order valence-corrected chi connectivity index (χ2v) is 5.97. The Labute approximate surface area is 203 Å². The Morgan fingerprint density at radius 3 is 2.46 bits per heavy atom. The monoisotopic (exact) mass is 647 g/mol. The van der Waals surface area contributed by atoms with Gasteiger partial charge in [0, 0.05) is 32.7 Å². The van der Waals surface area contributed by atoms with Crippen LogP contribution in [0.5, 0.6) is 0 Å². The van der Waals surface area contributed by atoms with E-state index in [0.717, 1.165) is 12.8 Å². The van der Waals surface area contributed by atoms with E-state index in [1.54, 1.807) is 18.2 Å². The average molecular weight is 646 g/mol. The number of rotatable bonds is 4. The van der Waals surface area contributed by atoms with E-state index in [2.05, 4.69) is 11.5 Å². The van der Waals surface area contributed by atoms with Gasteiger partial charge in [-0.15, -0.1) is 6.04 Å². The predicted octanol–water partition coefficient (Wildman–Crippen LogP) is 4.47. The Hall–Kier alpha value is -0.130. The van der Waals surface area contributed by atoms with Gasteiger partial charge in [0.25, 0.3) is 0 Å². The number of allylic oxidation sites excluding steroid dienone is 2. The van der Waals surface area contributed by atoms with Gasteiger partial charge in [-0.2, -0.15) is 41.1 Å². The van der Waals surface area contributed by atoms with Crippen molar-refractivity contribution in [1.29, 1.82) is 5.26 Å². The first-order valence-corrected chi connectivity index (χ1v) is 8.29. The number of halogens is 2. The normalized spacial score (nSPS) is 14.7. The van der Waals surface area contributed by atoms with Gasteiger partial charge < -0.3 is 21.8 Å². The van der Waals surface area contributed by atoms with E-state index in [1.807, 2.05) is 6.07 Å². The summed E-state index contributed by atoms with van der Waals surface area (Å²) in [6, 6.07) is 9.83. The summed E-state index contributed by atoms with van der Waals surface area (Å²) in [5.74, 6) is 0.212. The van der Waals surface area contributed by atoms with Crippen LogP contribution in [0.25, 0.3) is 5.48 Å². The fourth-order valence-electron chi connectivity index (χ4n) is 2.01. The van der Waals surface area contributed by atoms with Gasteiger partial charge in [0.2, 0.25) is 0 Å². The molecule has 1 saturated carbocycles. The van der Waals surface area contributed by atoms with Crippen LogP contribution in [-0.4, -0.2) is 6.04 Å². The van der Waals surface area contributed by atoms with Crippen molar-refractivity contribution in [1.82, 2.24) is 0 Å². The zero-order valence-electron chi connectivity index (χ0n) is 14.1. The number of nitriles is 1. The van der Waals surface area contributed by atoms with Crippen molar-refractivity contribution < 1.29 is 57.3 Å². The number of hydroxylamine groups is 1. The molecule has 26 heavy (non-hydrogen) atoms. The molecule has 1 aromatic rings. The minimum absolute atomic E-state index is 0. The summed E-state index contributed by atoms with van der Waals surface area (Å²) >= 11 is 11.0.